The number of carboxylic acid groups (broad SMARTS) is 1. The number of anilines is 1. The molecule has 0 unspecified atom stereocenters. The fourth-order valence-electron chi connectivity index (χ4n) is 2.54. The average Bonchev–Trinajstić information content (AvgIpc) is 2.84. The number of benzene rings is 2. The maximum atomic E-state index is 12.3. The van der Waals surface area contributed by atoms with E-state index in [1.165, 1.54) is 0 Å². The first-order chi connectivity index (χ1) is 10.1. The quantitative estimate of drug-likeness (QED) is 0.859. The van der Waals surface area contributed by atoms with Crippen LogP contribution in [0.4, 0.5) is 5.69 Å². The molecular formula is C17H14NO3-. The molecule has 1 aliphatic heterocycles. The molecule has 1 amide bonds. The SMILES string of the molecule is C[C@H](C(=O)[O-])c1ccc(N2Cc3ccccc3C2=O)cc1. The van der Waals surface area contributed by atoms with Crippen molar-refractivity contribution in [3.63, 3.8) is 0 Å². The number of aliphatic carboxylic acids is 1. The van der Waals surface area contributed by atoms with Gasteiger partial charge in [0.2, 0.25) is 0 Å². The summed E-state index contributed by atoms with van der Waals surface area (Å²) in [5, 5.41) is 10.9. The Bertz CT molecular complexity index is 706. The minimum absolute atomic E-state index is 0.0219. The Morgan fingerprint density at radius 1 is 1.14 bits per heavy atom. The summed E-state index contributed by atoms with van der Waals surface area (Å²) in [6.45, 7) is 2.13. The lowest BCUT2D eigenvalue weighted by molar-refractivity contribution is -0.307. The first-order valence-electron chi connectivity index (χ1n) is 6.78. The molecule has 0 radical (unpaired) electrons. The molecule has 0 saturated heterocycles. The van der Waals surface area contributed by atoms with Crippen LogP contribution in [0.3, 0.4) is 0 Å². The van der Waals surface area contributed by atoms with Crippen LogP contribution in [0.25, 0.3) is 0 Å². The maximum absolute atomic E-state index is 12.3. The molecule has 0 bridgehead atoms. The summed E-state index contributed by atoms with van der Waals surface area (Å²) in [5.41, 5.74) is 3.17. The lowest BCUT2D eigenvalue weighted by atomic mass is 10.0. The largest absolute Gasteiger partial charge is 0.550 e. The third-order valence-corrected chi connectivity index (χ3v) is 3.88. The van der Waals surface area contributed by atoms with Crippen LogP contribution < -0.4 is 10.0 Å². The summed E-state index contributed by atoms with van der Waals surface area (Å²) in [6.07, 6.45) is 0. The van der Waals surface area contributed by atoms with Crippen LogP contribution >= 0.6 is 0 Å². The van der Waals surface area contributed by atoms with Crippen molar-refractivity contribution in [2.24, 2.45) is 0 Å². The van der Waals surface area contributed by atoms with Crippen molar-refractivity contribution in [3.8, 4) is 0 Å². The molecule has 0 saturated carbocycles. The van der Waals surface area contributed by atoms with E-state index in [4.69, 9.17) is 0 Å². The number of hydrogen-bond donors (Lipinski definition) is 0. The molecule has 2 aromatic carbocycles. The first kappa shape index (κ1) is 13.4. The third-order valence-electron chi connectivity index (χ3n) is 3.88. The summed E-state index contributed by atoms with van der Waals surface area (Å²) in [6, 6.07) is 14.5. The van der Waals surface area contributed by atoms with E-state index in [1.54, 1.807) is 36.1 Å². The van der Waals surface area contributed by atoms with Gasteiger partial charge in [-0.3, -0.25) is 4.79 Å². The summed E-state index contributed by atoms with van der Waals surface area (Å²) in [7, 11) is 0. The second-order valence-corrected chi connectivity index (χ2v) is 5.18. The van der Waals surface area contributed by atoms with Gasteiger partial charge in [-0.2, -0.15) is 0 Å². The Morgan fingerprint density at radius 2 is 1.81 bits per heavy atom. The lowest BCUT2D eigenvalue weighted by Crippen LogP contribution is -2.28. The van der Waals surface area contributed by atoms with Gasteiger partial charge in [-0.05, 0) is 29.3 Å². The molecule has 4 heteroatoms. The van der Waals surface area contributed by atoms with Crippen molar-refractivity contribution in [2.45, 2.75) is 19.4 Å². The van der Waals surface area contributed by atoms with Gasteiger partial charge in [-0.1, -0.05) is 37.3 Å². The third kappa shape index (κ3) is 2.29. The van der Waals surface area contributed by atoms with Crippen LogP contribution in [0.1, 0.15) is 34.3 Å². The van der Waals surface area contributed by atoms with E-state index in [9.17, 15) is 14.7 Å². The highest BCUT2D eigenvalue weighted by molar-refractivity contribution is 6.09. The van der Waals surface area contributed by atoms with Gasteiger partial charge in [-0.25, -0.2) is 0 Å². The van der Waals surface area contributed by atoms with Crippen LogP contribution in [-0.2, 0) is 11.3 Å². The second kappa shape index (κ2) is 5.05. The monoisotopic (exact) mass is 280 g/mol. The highest BCUT2D eigenvalue weighted by atomic mass is 16.4. The first-order valence-corrected chi connectivity index (χ1v) is 6.78. The van der Waals surface area contributed by atoms with E-state index in [2.05, 4.69) is 0 Å². The molecule has 0 spiro atoms. The van der Waals surface area contributed by atoms with Gasteiger partial charge < -0.3 is 14.8 Å². The maximum Gasteiger partial charge on any atom is 0.258 e. The van der Waals surface area contributed by atoms with E-state index in [0.717, 1.165) is 16.8 Å². The normalized spacial score (nSPS) is 14.9. The minimum Gasteiger partial charge on any atom is -0.550 e. The number of nitrogens with zero attached hydrogens (tertiary/aromatic N) is 1. The highest BCUT2D eigenvalue weighted by Crippen LogP contribution is 2.29. The van der Waals surface area contributed by atoms with E-state index in [1.807, 2.05) is 24.3 Å². The Labute approximate surface area is 122 Å². The number of carbonyl (C=O) groups is 2. The molecule has 1 aliphatic rings. The predicted octanol–water partition coefficient (Wildman–Crippen LogP) is 1.70. The number of hydrogen-bond acceptors (Lipinski definition) is 3. The topological polar surface area (TPSA) is 60.4 Å². The molecule has 0 aliphatic carbocycles. The Morgan fingerprint density at radius 3 is 2.43 bits per heavy atom. The Balaban J connectivity index is 1.87. The van der Waals surface area contributed by atoms with E-state index in [0.29, 0.717) is 12.1 Å². The van der Waals surface area contributed by atoms with Crippen LogP contribution in [0, 0.1) is 0 Å². The zero-order chi connectivity index (χ0) is 15.0. The van der Waals surface area contributed by atoms with E-state index < -0.39 is 11.9 Å². The molecule has 2 aromatic rings. The van der Waals surface area contributed by atoms with Crippen molar-refractivity contribution in [1.82, 2.24) is 0 Å². The number of carboxylic acids is 1. The van der Waals surface area contributed by atoms with Gasteiger partial charge >= 0.3 is 0 Å². The Kier molecular flexibility index (Phi) is 3.22. The summed E-state index contributed by atoms with van der Waals surface area (Å²) in [5.74, 6) is -1.79. The summed E-state index contributed by atoms with van der Waals surface area (Å²) in [4.78, 5) is 24.9. The molecule has 0 aromatic heterocycles. The molecule has 3 rings (SSSR count). The smallest absolute Gasteiger partial charge is 0.258 e. The fraction of sp³-hybridized carbons (Fsp3) is 0.176. The predicted molar refractivity (Wildman–Crippen MR) is 76.8 cm³/mol. The molecule has 0 N–H and O–H groups in total. The molecule has 106 valence electrons. The highest BCUT2D eigenvalue weighted by Gasteiger charge is 2.27. The minimum atomic E-state index is -1.10. The number of carbonyl (C=O) groups excluding carboxylic acids is 2. The van der Waals surface area contributed by atoms with E-state index >= 15 is 0 Å². The molecule has 1 atom stereocenters. The van der Waals surface area contributed by atoms with Crippen LogP contribution in [0.2, 0.25) is 0 Å². The van der Waals surface area contributed by atoms with Crippen LogP contribution in [-0.4, -0.2) is 11.9 Å². The van der Waals surface area contributed by atoms with Gasteiger partial charge in [0.1, 0.15) is 0 Å². The van der Waals surface area contributed by atoms with E-state index in [-0.39, 0.29) is 5.91 Å². The molecular weight excluding hydrogens is 266 g/mol. The van der Waals surface area contributed by atoms with Crippen molar-refractivity contribution in [1.29, 1.82) is 0 Å². The van der Waals surface area contributed by atoms with Gasteiger partial charge in [0.25, 0.3) is 5.91 Å². The summed E-state index contributed by atoms with van der Waals surface area (Å²) >= 11 is 0. The van der Waals surface area contributed by atoms with Gasteiger partial charge in [-0.15, -0.1) is 0 Å². The average molecular weight is 280 g/mol. The van der Waals surface area contributed by atoms with Crippen molar-refractivity contribution in [2.75, 3.05) is 4.90 Å². The molecule has 4 nitrogen and oxygen atoms in total. The standard InChI is InChI=1S/C17H15NO3/c1-11(17(20)21)12-6-8-14(9-7-12)18-10-13-4-2-3-5-15(13)16(18)19/h2-9,11H,10H2,1H3,(H,20,21)/p-1/t11-/m0/s1. The van der Waals surface area contributed by atoms with Crippen LogP contribution in [0.15, 0.2) is 48.5 Å². The molecule has 21 heavy (non-hydrogen) atoms. The lowest BCUT2D eigenvalue weighted by Gasteiger charge is -2.18. The van der Waals surface area contributed by atoms with Gasteiger partial charge in [0, 0.05) is 23.1 Å². The molecule has 0 fully saturated rings. The fourth-order valence-corrected chi connectivity index (χ4v) is 2.54. The van der Waals surface area contributed by atoms with Gasteiger partial charge in [0.15, 0.2) is 0 Å². The Hall–Kier alpha value is -2.62. The summed E-state index contributed by atoms with van der Waals surface area (Å²) < 4.78 is 0. The molecule has 1 heterocycles. The van der Waals surface area contributed by atoms with Crippen LogP contribution in [0.5, 0.6) is 0 Å². The van der Waals surface area contributed by atoms with Crippen molar-refractivity contribution < 1.29 is 14.7 Å². The number of fused-ring (bicyclic) bond motifs is 1. The zero-order valence-electron chi connectivity index (χ0n) is 11.6. The van der Waals surface area contributed by atoms with Crippen molar-refractivity contribution in [3.05, 3.63) is 65.2 Å². The van der Waals surface area contributed by atoms with Crippen molar-refractivity contribution >= 4 is 17.6 Å². The van der Waals surface area contributed by atoms with Gasteiger partial charge in [0.05, 0.1) is 6.54 Å². The number of amides is 1. The second-order valence-electron chi connectivity index (χ2n) is 5.18. The zero-order valence-corrected chi connectivity index (χ0v) is 11.6. The number of rotatable bonds is 3.